The molecule has 1 N–H and O–H groups in total. The molecule has 1 aliphatic rings. The summed E-state index contributed by atoms with van der Waals surface area (Å²) in [5.41, 5.74) is 0.960. The van der Waals surface area contributed by atoms with Gasteiger partial charge in [-0.3, -0.25) is 4.79 Å². The number of carbonyl (C=O) groups is 1. The van der Waals surface area contributed by atoms with Crippen molar-refractivity contribution in [1.29, 1.82) is 0 Å². The first-order valence-electron chi connectivity index (χ1n) is 7.03. The summed E-state index contributed by atoms with van der Waals surface area (Å²) in [6.45, 7) is 4.14. The van der Waals surface area contributed by atoms with Crippen molar-refractivity contribution in [2.75, 3.05) is 0 Å². The average Bonchev–Trinajstić information content (AvgIpc) is 2.94. The van der Waals surface area contributed by atoms with Crippen molar-refractivity contribution in [1.82, 2.24) is 10.3 Å². The molecule has 4 heteroatoms. The molecule has 19 heavy (non-hydrogen) atoms. The molecule has 1 aromatic rings. The van der Waals surface area contributed by atoms with Crippen LogP contribution in [0.2, 0.25) is 0 Å². The van der Waals surface area contributed by atoms with Crippen LogP contribution in [0.3, 0.4) is 0 Å². The summed E-state index contributed by atoms with van der Waals surface area (Å²) in [6.07, 6.45) is 10.1. The Hall–Kier alpha value is -1.16. The van der Waals surface area contributed by atoms with Gasteiger partial charge in [-0.15, -0.1) is 11.3 Å². The smallest absolute Gasteiger partial charge is 0.224 e. The van der Waals surface area contributed by atoms with Gasteiger partial charge in [0.1, 0.15) is 5.01 Å². The number of hydrogen-bond acceptors (Lipinski definition) is 3. The number of carbonyl (C=O) groups excluding carboxylic acids is 1. The molecule has 104 valence electrons. The van der Waals surface area contributed by atoms with Gasteiger partial charge in [-0.2, -0.15) is 0 Å². The van der Waals surface area contributed by atoms with E-state index in [2.05, 4.69) is 30.2 Å². The Balaban J connectivity index is 1.98. The van der Waals surface area contributed by atoms with Crippen molar-refractivity contribution in [3.8, 4) is 0 Å². The first-order valence-corrected chi connectivity index (χ1v) is 7.91. The topological polar surface area (TPSA) is 42.0 Å². The molecule has 0 spiro atoms. The number of hydrogen-bond donors (Lipinski definition) is 1. The summed E-state index contributed by atoms with van der Waals surface area (Å²) in [4.78, 5) is 16.6. The van der Waals surface area contributed by atoms with Crippen molar-refractivity contribution in [3.63, 3.8) is 0 Å². The largest absolute Gasteiger partial charge is 0.344 e. The van der Waals surface area contributed by atoms with Gasteiger partial charge in [0.25, 0.3) is 0 Å². The predicted molar refractivity (Wildman–Crippen MR) is 79.1 cm³/mol. The van der Waals surface area contributed by atoms with Gasteiger partial charge < -0.3 is 5.32 Å². The van der Waals surface area contributed by atoms with Crippen LogP contribution in [0.25, 0.3) is 0 Å². The Labute approximate surface area is 119 Å². The Morgan fingerprint density at radius 2 is 2.37 bits per heavy atom. The molecule has 0 saturated carbocycles. The van der Waals surface area contributed by atoms with Crippen LogP contribution in [-0.4, -0.2) is 10.9 Å². The maximum Gasteiger partial charge on any atom is 0.224 e. The van der Waals surface area contributed by atoms with Gasteiger partial charge in [-0.1, -0.05) is 18.6 Å². The van der Waals surface area contributed by atoms with Crippen LogP contribution in [0.5, 0.6) is 0 Å². The van der Waals surface area contributed by atoms with E-state index in [1.807, 2.05) is 5.38 Å². The zero-order valence-corrected chi connectivity index (χ0v) is 12.6. The number of aromatic nitrogens is 1. The first kappa shape index (κ1) is 14.3. The van der Waals surface area contributed by atoms with E-state index in [1.165, 1.54) is 18.4 Å². The second-order valence-corrected chi connectivity index (χ2v) is 6.25. The molecule has 0 saturated heterocycles. The summed E-state index contributed by atoms with van der Waals surface area (Å²) < 4.78 is 0. The maximum atomic E-state index is 12.2. The lowest BCUT2D eigenvalue weighted by atomic mass is 9.95. The van der Waals surface area contributed by atoms with Gasteiger partial charge in [0, 0.05) is 18.0 Å². The van der Waals surface area contributed by atoms with Crippen LogP contribution < -0.4 is 5.32 Å². The zero-order chi connectivity index (χ0) is 13.7. The number of amides is 1. The van der Waals surface area contributed by atoms with E-state index in [-0.39, 0.29) is 11.4 Å². The second kappa shape index (κ2) is 6.33. The van der Waals surface area contributed by atoms with Crippen LogP contribution in [0, 0.1) is 0 Å². The van der Waals surface area contributed by atoms with Crippen LogP contribution >= 0.6 is 11.3 Å². The lowest BCUT2D eigenvalue weighted by Crippen LogP contribution is -2.43. The third-order valence-electron chi connectivity index (χ3n) is 3.80. The van der Waals surface area contributed by atoms with E-state index in [0.717, 1.165) is 24.3 Å². The van der Waals surface area contributed by atoms with Gasteiger partial charge in [0.15, 0.2) is 0 Å². The van der Waals surface area contributed by atoms with Crippen LogP contribution in [0.1, 0.15) is 57.4 Å². The second-order valence-electron chi connectivity index (χ2n) is 5.36. The molecule has 2 rings (SSSR count). The fraction of sp³-hybridized carbons (Fsp3) is 0.600. The summed E-state index contributed by atoms with van der Waals surface area (Å²) >= 11 is 1.60. The quantitative estimate of drug-likeness (QED) is 0.833. The molecule has 1 aromatic heterocycles. The van der Waals surface area contributed by atoms with Crippen molar-refractivity contribution >= 4 is 17.2 Å². The van der Waals surface area contributed by atoms with Crippen LogP contribution in [0.4, 0.5) is 0 Å². The van der Waals surface area contributed by atoms with Gasteiger partial charge in [0.2, 0.25) is 5.91 Å². The molecule has 0 aromatic carbocycles. The number of thiazole rings is 1. The van der Waals surface area contributed by atoms with Crippen LogP contribution in [0.15, 0.2) is 23.2 Å². The van der Waals surface area contributed by atoms with Crippen LogP contribution in [-0.2, 0) is 10.3 Å². The van der Waals surface area contributed by atoms with Crippen molar-refractivity contribution < 1.29 is 4.79 Å². The minimum absolute atomic E-state index is 0.118. The van der Waals surface area contributed by atoms with Crippen molar-refractivity contribution in [2.45, 2.75) is 57.9 Å². The van der Waals surface area contributed by atoms with Gasteiger partial charge >= 0.3 is 0 Å². The lowest BCUT2D eigenvalue weighted by Gasteiger charge is -2.28. The normalized spacial score (nSPS) is 18.5. The number of nitrogens with zero attached hydrogens (tertiary/aromatic N) is 1. The van der Waals surface area contributed by atoms with Crippen molar-refractivity contribution in [2.24, 2.45) is 0 Å². The molecule has 1 heterocycles. The molecular weight excluding hydrogens is 256 g/mol. The lowest BCUT2D eigenvalue weighted by molar-refractivity contribution is -0.122. The molecule has 1 atom stereocenters. The Morgan fingerprint density at radius 3 is 2.95 bits per heavy atom. The Kier molecular flexibility index (Phi) is 4.75. The van der Waals surface area contributed by atoms with E-state index in [1.54, 1.807) is 17.5 Å². The molecule has 0 aliphatic heterocycles. The molecule has 3 nitrogen and oxygen atoms in total. The van der Waals surface area contributed by atoms with E-state index in [9.17, 15) is 4.79 Å². The number of allylic oxidation sites excluding steroid dienone is 1. The van der Waals surface area contributed by atoms with E-state index >= 15 is 0 Å². The molecule has 1 amide bonds. The highest BCUT2D eigenvalue weighted by Crippen LogP contribution is 2.27. The molecule has 0 radical (unpaired) electrons. The van der Waals surface area contributed by atoms with E-state index in [4.69, 9.17) is 0 Å². The minimum atomic E-state index is -0.333. The molecule has 0 fully saturated rings. The minimum Gasteiger partial charge on any atom is -0.344 e. The standard InChI is InChI=1S/C15H22N2OS/c1-3-15(2,14-16-9-10-19-14)17-13(18)11-12-7-5-4-6-8-12/h7,9-10H,3-6,8,11H2,1-2H3,(H,17,18)/t15-/m0/s1. The summed E-state index contributed by atoms with van der Waals surface area (Å²) in [5.74, 6) is 0.118. The number of nitrogens with one attached hydrogen (secondary N) is 1. The third kappa shape index (κ3) is 3.66. The van der Waals surface area contributed by atoms with Gasteiger partial charge in [-0.25, -0.2) is 4.98 Å². The molecule has 0 bridgehead atoms. The predicted octanol–water partition coefficient (Wildman–Crippen LogP) is 3.78. The maximum absolute atomic E-state index is 12.2. The third-order valence-corrected chi connectivity index (χ3v) is 4.84. The van der Waals surface area contributed by atoms with E-state index < -0.39 is 0 Å². The Bertz CT molecular complexity index is 453. The van der Waals surface area contributed by atoms with Gasteiger partial charge in [0.05, 0.1) is 5.54 Å². The fourth-order valence-corrected chi connectivity index (χ4v) is 3.24. The monoisotopic (exact) mass is 278 g/mol. The fourth-order valence-electron chi connectivity index (χ4n) is 2.41. The highest BCUT2D eigenvalue weighted by molar-refractivity contribution is 7.09. The zero-order valence-electron chi connectivity index (χ0n) is 11.7. The molecular formula is C15H22N2OS. The SMILES string of the molecule is CC[C@](C)(NC(=O)CC1=CCCCC1)c1nccs1. The summed E-state index contributed by atoms with van der Waals surface area (Å²) in [7, 11) is 0. The highest BCUT2D eigenvalue weighted by atomic mass is 32.1. The first-order chi connectivity index (χ1) is 9.14. The highest BCUT2D eigenvalue weighted by Gasteiger charge is 2.29. The summed E-state index contributed by atoms with van der Waals surface area (Å²) in [5, 5.41) is 6.11. The average molecular weight is 278 g/mol. The number of rotatable bonds is 5. The Morgan fingerprint density at radius 1 is 1.53 bits per heavy atom. The molecule has 0 unspecified atom stereocenters. The molecule has 1 aliphatic carbocycles. The van der Waals surface area contributed by atoms with E-state index in [0.29, 0.717) is 6.42 Å². The van der Waals surface area contributed by atoms with Gasteiger partial charge in [-0.05, 0) is 39.0 Å². The van der Waals surface area contributed by atoms with Crippen molar-refractivity contribution in [3.05, 3.63) is 28.2 Å². The summed E-state index contributed by atoms with van der Waals surface area (Å²) in [6, 6.07) is 0.